The Kier molecular flexibility index (Phi) is 5.36. The molecular formula is C17H16N2O2. The van der Waals surface area contributed by atoms with Gasteiger partial charge in [0, 0.05) is 11.8 Å². The first-order valence-corrected chi connectivity index (χ1v) is 6.69. The van der Waals surface area contributed by atoms with Gasteiger partial charge in [-0.2, -0.15) is 5.26 Å². The molecule has 21 heavy (non-hydrogen) atoms. The van der Waals surface area contributed by atoms with Crippen molar-refractivity contribution < 1.29 is 9.47 Å². The highest BCUT2D eigenvalue weighted by atomic mass is 16.5. The monoisotopic (exact) mass is 280 g/mol. The van der Waals surface area contributed by atoms with Gasteiger partial charge >= 0.3 is 0 Å². The molecule has 0 fully saturated rings. The summed E-state index contributed by atoms with van der Waals surface area (Å²) < 4.78 is 10.7. The predicted molar refractivity (Wildman–Crippen MR) is 82.4 cm³/mol. The van der Waals surface area contributed by atoms with Crippen LogP contribution in [0, 0.1) is 11.3 Å². The summed E-state index contributed by atoms with van der Waals surface area (Å²) in [5.74, 6) is 1.47. The van der Waals surface area contributed by atoms with Crippen molar-refractivity contribution in [2.24, 2.45) is 4.99 Å². The van der Waals surface area contributed by atoms with Gasteiger partial charge in [-0.1, -0.05) is 12.1 Å². The van der Waals surface area contributed by atoms with Crippen LogP contribution >= 0.6 is 0 Å². The molecule has 0 aromatic heterocycles. The second-order valence-electron chi connectivity index (χ2n) is 4.17. The second-order valence-corrected chi connectivity index (χ2v) is 4.17. The average Bonchev–Trinajstić information content (AvgIpc) is 2.53. The summed E-state index contributed by atoms with van der Waals surface area (Å²) in [5, 5.41) is 8.58. The molecule has 0 saturated carbocycles. The normalized spacial score (nSPS) is 10.3. The maximum absolute atomic E-state index is 8.58. The van der Waals surface area contributed by atoms with Crippen molar-refractivity contribution in [1.29, 1.82) is 5.26 Å². The van der Waals surface area contributed by atoms with E-state index in [1.165, 1.54) is 0 Å². The van der Waals surface area contributed by atoms with Gasteiger partial charge in [-0.25, -0.2) is 0 Å². The molecule has 0 aliphatic rings. The molecule has 0 spiro atoms. The van der Waals surface area contributed by atoms with E-state index in [4.69, 9.17) is 14.7 Å². The minimum atomic E-state index is 0.0217. The Morgan fingerprint density at radius 2 is 1.86 bits per heavy atom. The number of nitrogens with zero attached hydrogens (tertiary/aromatic N) is 2. The molecule has 0 radical (unpaired) electrons. The molecular weight excluding hydrogens is 264 g/mol. The molecule has 4 heteroatoms. The maximum atomic E-state index is 8.58. The molecule has 0 amide bonds. The number of para-hydroxylation sites is 1. The number of rotatable bonds is 6. The third kappa shape index (κ3) is 4.36. The predicted octanol–water partition coefficient (Wildman–Crippen LogP) is 3.74. The van der Waals surface area contributed by atoms with Crippen LogP contribution in [0.15, 0.2) is 53.5 Å². The number of hydrogen-bond donors (Lipinski definition) is 0. The van der Waals surface area contributed by atoms with Gasteiger partial charge in [-0.3, -0.25) is 4.99 Å². The summed E-state index contributed by atoms with van der Waals surface area (Å²) in [7, 11) is 0. The Labute approximate surface area is 124 Å². The van der Waals surface area contributed by atoms with Crippen molar-refractivity contribution in [2.75, 3.05) is 13.2 Å². The van der Waals surface area contributed by atoms with E-state index in [1.807, 2.05) is 61.5 Å². The zero-order valence-electron chi connectivity index (χ0n) is 11.8. The lowest BCUT2D eigenvalue weighted by molar-refractivity contribution is 0.340. The van der Waals surface area contributed by atoms with Crippen LogP contribution in [0.25, 0.3) is 0 Å². The van der Waals surface area contributed by atoms with E-state index < -0.39 is 0 Å². The van der Waals surface area contributed by atoms with E-state index in [9.17, 15) is 0 Å². The first-order valence-electron chi connectivity index (χ1n) is 6.69. The van der Waals surface area contributed by atoms with E-state index >= 15 is 0 Å². The van der Waals surface area contributed by atoms with Gasteiger partial charge in [0.2, 0.25) is 0 Å². The Balaban J connectivity index is 2.12. The number of aliphatic imine (C=N–C) groups is 1. The zero-order chi connectivity index (χ0) is 14.9. The highest BCUT2D eigenvalue weighted by Crippen LogP contribution is 2.20. The SMILES string of the molecule is CCOc1ccc(N=Cc2ccccc2OCC#N)cc1. The number of hydrogen-bond acceptors (Lipinski definition) is 4. The zero-order valence-corrected chi connectivity index (χ0v) is 11.8. The molecule has 2 rings (SSSR count). The first kappa shape index (κ1) is 14.6. The second kappa shape index (κ2) is 7.71. The lowest BCUT2D eigenvalue weighted by Crippen LogP contribution is -1.96. The highest BCUT2D eigenvalue weighted by molar-refractivity contribution is 5.85. The lowest BCUT2D eigenvalue weighted by Gasteiger charge is -2.05. The fourth-order valence-electron chi connectivity index (χ4n) is 1.77. The van der Waals surface area contributed by atoms with Crippen LogP contribution in [-0.2, 0) is 0 Å². The van der Waals surface area contributed by atoms with Gasteiger partial charge in [0.25, 0.3) is 0 Å². The Bertz CT molecular complexity index is 643. The molecule has 0 bridgehead atoms. The third-order valence-corrected chi connectivity index (χ3v) is 2.71. The Morgan fingerprint density at radius 1 is 1.10 bits per heavy atom. The van der Waals surface area contributed by atoms with Crippen LogP contribution in [-0.4, -0.2) is 19.4 Å². The summed E-state index contributed by atoms with van der Waals surface area (Å²) in [6, 6.07) is 17.0. The maximum Gasteiger partial charge on any atom is 0.174 e. The van der Waals surface area contributed by atoms with E-state index in [0.717, 1.165) is 17.0 Å². The van der Waals surface area contributed by atoms with Crippen LogP contribution in [0.2, 0.25) is 0 Å². The fourth-order valence-corrected chi connectivity index (χ4v) is 1.77. The van der Waals surface area contributed by atoms with Crippen LogP contribution in [0.1, 0.15) is 12.5 Å². The van der Waals surface area contributed by atoms with Crippen molar-refractivity contribution in [1.82, 2.24) is 0 Å². The summed E-state index contributed by atoms with van der Waals surface area (Å²) >= 11 is 0. The van der Waals surface area contributed by atoms with Crippen LogP contribution in [0.5, 0.6) is 11.5 Å². The number of benzene rings is 2. The topological polar surface area (TPSA) is 54.6 Å². The van der Waals surface area contributed by atoms with E-state index in [2.05, 4.69) is 4.99 Å². The lowest BCUT2D eigenvalue weighted by atomic mass is 10.2. The standard InChI is InChI=1S/C17H16N2O2/c1-2-20-16-9-7-15(8-10-16)19-13-14-5-3-4-6-17(14)21-12-11-18/h3-10,13H,2,12H2,1H3. The van der Waals surface area contributed by atoms with Crippen molar-refractivity contribution in [3.8, 4) is 17.6 Å². The summed E-state index contributed by atoms with van der Waals surface area (Å²) in [5.41, 5.74) is 1.66. The Morgan fingerprint density at radius 3 is 2.57 bits per heavy atom. The molecule has 0 unspecified atom stereocenters. The fraction of sp³-hybridized carbons (Fsp3) is 0.176. The summed E-state index contributed by atoms with van der Waals surface area (Å²) in [6.07, 6.45) is 1.72. The number of nitriles is 1. The van der Waals surface area contributed by atoms with Gasteiger partial charge < -0.3 is 9.47 Å². The molecule has 0 N–H and O–H groups in total. The van der Waals surface area contributed by atoms with E-state index in [1.54, 1.807) is 6.21 Å². The highest BCUT2D eigenvalue weighted by Gasteiger charge is 2.00. The van der Waals surface area contributed by atoms with Crippen molar-refractivity contribution in [3.05, 3.63) is 54.1 Å². The quantitative estimate of drug-likeness (QED) is 0.757. The molecule has 4 nitrogen and oxygen atoms in total. The van der Waals surface area contributed by atoms with Crippen molar-refractivity contribution >= 4 is 11.9 Å². The summed E-state index contributed by atoms with van der Waals surface area (Å²) in [4.78, 5) is 4.40. The van der Waals surface area contributed by atoms with E-state index in [0.29, 0.717) is 12.4 Å². The van der Waals surface area contributed by atoms with Crippen molar-refractivity contribution in [2.45, 2.75) is 6.92 Å². The van der Waals surface area contributed by atoms with Crippen LogP contribution < -0.4 is 9.47 Å². The van der Waals surface area contributed by atoms with Crippen LogP contribution in [0.4, 0.5) is 5.69 Å². The van der Waals surface area contributed by atoms with Crippen molar-refractivity contribution in [3.63, 3.8) is 0 Å². The molecule has 0 atom stereocenters. The van der Waals surface area contributed by atoms with Gasteiger partial charge in [-0.15, -0.1) is 0 Å². The Hall–Kier alpha value is -2.80. The van der Waals surface area contributed by atoms with Crippen LogP contribution in [0.3, 0.4) is 0 Å². The van der Waals surface area contributed by atoms with E-state index in [-0.39, 0.29) is 6.61 Å². The molecule has 106 valence electrons. The summed E-state index contributed by atoms with van der Waals surface area (Å²) in [6.45, 7) is 2.62. The van der Waals surface area contributed by atoms with Gasteiger partial charge in [0.1, 0.15) is 17.6 Å². The largest absolute Gasteiger partial charge is 0.494 e. The van der Waals surface area contributed by atoms with Gasteiger partial charge in [0.05, 0.1) is 12.3 Å². The molecule has 0 aliphatic carbocycles. The third-order valence-electron chi connectivity index (χ3n) is 2.71. The molecule has 2 aromatic carbocycles. The molecule has 0 saturated heterocycles. The van der Waals surface area contributed by atoms with Gasteiger partial charge in [-0.05, 0) is 43.3 Å². The molecule has 0 heterocycles. The minimum absolute atomic E-state index is 0.0217. The smallest absolute Gasteiger partial charge is 0.174 e. The average molecular weight is 280 g/mol. The van der Waals surface area contributed by atoms with Gasteiger partial charge in [0.15, 0.2) is 6.61 Å². The molecule has 0 aliphatic heterocycles. The first-order chi connectivity index (χ1) is 10.3. The number of ether oxygens (including phenoxy) is 2. The minimum Gasteiger partial charge on any atom is -0.494 e. The molecule has 2 aromatic rings.